The molecule has 5 nitrogen and oxygen atoms in total. The molecule has 2 aromatic rings. The van der Waals surface area contributed by atoms with E-state index < -0.39 is 0 Å². The number of nitrogens with zero attached hydrogens (tertiary/aromatic N) is 1. The van der Waals surface area contributed by atoms with Crippen LogP contribution < -0.4 is 10.7 Å². The molecule has 0 fully saturated rings. The zero-order chi connectivity index (χ0) is 17.1. The minimum Gasteiger partial charge on any atom is -0.322 e. The Morgan fingerprint density at radius 3 is 2.29 bits per heavy atom. The fraction of sp³-hybridized carbons (Fsp3) is 0.118. The van der Waals surface area contributed by atoms with Gasteiger partial charge in [0.25, 0.3) is 5.91 Å². The standard InChI is InChI=1S/C17H13Cl2N3O2/c18-12-2-1-3-13(19)16(12)17(24)20-11-6-4-10(5-7-11)14-8-9-15(23)22-21-14/h1-7H,8-9H2,(H,20,24)(H,22,23). The van der Waals surface area contributed by atoms with E-state index in [9.17, 15) is 9.59 Å². The van der Waals surface area contributed by atoms with Crippen LogP contribution >= 0.6 is 23.2 Å². The predicted molar refractivity (Wildman–Crippen MR) is 94.8 cm³/mol. The highest BCUT2D eigenvalue weighted by atomic mass is 35.5. The number of carbonyl (C=O) groups is 2. The maximum Gasteiger partial charge on any atom is 0.258 e. The molecule has 0 spiro atoms. The zero-order valence-corrected chi connectivity index (χ0v) is 14.0. The molecule has 2 aromatic carbocycles. The van der Waals surface area contributed by atoms with Gasteiger partial charge in [0.05, 0.1) is 21.3 Å². The van der Waals surface area contributed by atoms with E-state index in [1.807, 2.05) is 12.1 Å². The maximum atomic E-state index is 12.3. The van der Waals surface area contributed by atoms with Crippen LogP contribution in [0.3, 0.4) is 0 Å². The molecule has 0 saturated heterocycles. The molecule has 1 aliphatic heterocycles. The average Bonchev–Trinajstić information content (AvgIpc) is 2.56. The molecule has 0 saturated carbocycles. The van der Waals surface area contributed by atoms with Crippen molar-refractivity contribution >= 4 is 46.4 Å². The molecule has 24 heavy (non-hydrogen) atoms. The number of hydrogen-bond donors (Lipinski definition) is 2. The lowest BCUT2D eigenvalue weighted by molar-refractivity contribution is -0.121. The van der Waals surface area contributed by atoms with Crippen LogP contribution in [-0.4, -0.2) is 17.5 Å². The topological polar surface area (TPSA) is 70.6 Å². The van der Waals surface area contributed by atoms with Crippen molar-refractivity contribution in [1.29, 1.82) is 0 Å². The van der Waals surface area contributed by atoms with Gasteiger partial charge in [-0.15, -0.1) is 0 Å². The van der Waals surface area contributed by atoms with Crippen molar-refractivity contribution < 1.29 is 9.59 Å². The van der Waals surface area contributed by atoms with Crippen molar-refractivity contribution in [2.24, 2.45) is 5.10 Å². The second-order valence-electron chi connectivity index (χ2n) is 5.22. The normalized spacial score (nSPS) is 13.9. The SMILES string of the molecule is O=C1CCC(c2ccc(NC(=O)c3c(Cl)cccc3Cl)cc2)=NN1. The summed E-state index contributed by atoms with van der Waals surface area (Å²) in [4.78, 5) is 23.4. The fourth-order valence-corrected chi connectivity index (χ4v) is 2.91. The third kappa shape index (κ3) is 3.58. The lowest BCUT2D eigenvalue weighted by Crippen LogP contribution is -2.25. The van der Waals surface area contributed by atoms with Crippen LogP contribution in [0.5, 0.6) is 0 Å². The van der Waals surface area contributed by atoms with Gasteiger partial charge < -0.3 is 5.32 Å². The van der Waals surface area contributed by atoms with E-state index in [4.69, 9.17) is 23.2 Å². The van der Waals surface area contributed by atoms with Gasteiger partial charge in [0, 0.05) is 18.5 Å². The lowest BCUT2D eigenvalue weighted by Gasteiger charge is -2.13. The summed E-state index contributed by atoms with van der Waals surface area (Å²) in [6.07, 6.45) is 1.01. The molecular formula is C17H13Cl2N3O2. The van der Waals surface area contributed by atoms with E-state index in [1.165, 1.54) is 0 Å². The molecule has 0 bridgehead atoms. The zero-order valence-electron chi connectivity index (χ0n) is 12.5. The number of hydrogen-bond acceptors (Lipinski definition) is 3. The number of carbonyl (C=O) groups excluding carboxylic acids is 2. The molecule has 2 N–H and O–H groups in total. The van der Waals surface area contributed by atoms with Gasteiger partial charge in [0.1, 0.15) is 0 Å². The Labute approximate surface area is 148 Å². The Morgan fingerprint density at radius 2 is 1.71 bits per heavy atom. The molecule has 0 aliphatic carbocycles. The van der Waals surface area contributed by atoms with Crippen molar-refractivity contribution in [3.05, 3.63) is 63.6 Å². The predicted octanol–water partition coefficient (Wildman–Crippen LogP) is 3.86. The number of amides is 2. The average molecular weight is 362 g/mol. The number of benzene rings is 2. The molecule has 3 rings (SSSR count). The van der Waals surface area contributed by atoms with Crippen molar-refractivity contribution in [1.82, 2.24) is 5.43 Å². The van der Waals surface area contributed by atoms with E-state index in [0.717, 1.165) is 11.3 Å². The molecule has 0 aromatic heterocycles. The van der Waals surface area contributed by atoms with E-state index in [2.05, 4.69) is 15.8 Å². The number of nitrogens with one attached hydrogen (secondary N) is 2. The van der Waals surface area contributed by atoms with Gasteiger partial charge in [-0.1, -0.05) is 41.4 Å². The first-order chi connectivity index (χ1) is 11.5. The highest BCUT2D eigenvalue weighted by Crippen LogP contribution is 2.25. The second-order valence-corrected chi connectivity index (χ2v) is 6.04. The van der Waals surface area contributed by atoms with Gasteiger partial charge in [-0.05, 0) is 29.8 Å². The summed E-state index contributed by atoms with van der Waals surface area (Å²) in [6, 6.07) is 12.1. The van der Waals surface area contributed by atoms with Crippen molar-refractivity contribution in [2.45, 2.75) is 12.8 Å². The summed E-state index contributed by atoms with van der Waals surface area (Å²) >= 11 is 12.1. The minimum atomic E-state index is -0.374. The van der Waals surface area contributed by atoms with Gasteiger partial charge >= 0.3 is 0 Å². The molecule has 1 heterocycles. The lowest BCUT2D eigenvalue weighted by atomic mass is 10.0. The number of rotatable bonds is 3. The second kappa shape index (κ2) is 7.03. The molecule has 7 heteroatoms. The van der Waals surface area contributed by atoms with Crippen LogP contribution in [0.25, 0.3) is 0 Å². The molecular weight excluding hydrogens is 349 g/mol. The number of halogens is 2. The van der Waals surface area contributed by atoms with Crippen molar-refractivity contribution in [3.8, 4) is 0 Å². The highest BCUT2D eigenvalue weighted by molar-refractivity contribution is 6.40. The van der Waals surface area contributed by atoms with Gasteiger partial charge in [-0.25, -0.2) is 5.43 Å². The van der Waals surface area contributed by atoms with E-state index in [0.29, 0.717) is 28.6 Å². The van der Waals surface area contributed by atoms with Crippen LogP contribution in [0.2, 0.25) is 10.0 Å². The van der Waals surface area contributed by atoms with Crippen LogP contribution in [0.4, 0.5) is 5.69 Å². The van der Waals surface area contributed by atoms with E-state index in [-0.39, 0.29) is 17.4 Å². The summed E-state index contributed by atoms with van der Waals surface area (Å²) in [5, 5.41) is 7.39. The first kappa shape index (κ1) is 16.5. The first-order valence-corrected chi connectivity index (χ1v) is 8.01. The number of anilines is 1. The summed E-state index contributed by atoms with van der Waals surface area (Å²) in [5.41, 5.74) is 5.01. The Morgan fingerprint density at radius 1 is 1.04 bits per heavy atom. The molecule has 1 aliphatic rings. The van der Waals surface area contributed by atoms with Crippen LogP contribution in [0.1, 0.15) is 28.8 Å². The van der Waals surface area contributed by atoms with Gasteiger partial charge in [-0.2, -0.15) is 5.10 Å². The molecule has 2 amide bonds. The molecule has 0 radical (unpaired) electrons. The van der Waals surface area contributed by atoms with Crippen molar-refractivity contribution in [2.75, 3.05) is 5.32 Å². The van der Waals surface area contributed by atoms with Crippen LogP contribution in [-0.2, 0) is 4.79 Å². The maximum absolute atomic E-state index is 12.3. The van der Waals surface area contributed by atoms with Gasteiger partial charge in [-0.3, -0.25) is 9.59 Å². The Kier molecular flexibility index (Phi) is 4.83. The van der Waals surface area contributed by atoms with E-state index in [1.54, 1.807) is 30.3 Å². The third-order valence-corrected chi connectivity index (χ3v) is 4.20. The fourth-order valence-electron chi connectivity index (χ4n) is 2.34. The summed E-state index contributed by atoms with van der Waals surface area (Å²) in [7, 11) is 0. The quantitative estimate of drug-likeness (QED) is 0.871. The third-order valence-electron chi connectivity index (χ3n) is 3.57. The molecule has 0 atom stereocenters. The Balaban J connectivity index is 1.75. The van der Waals surface area contributed by atoms with E-state index >= 15 is 0 Å². The Bertz CT molecular complexity index is 812. The summed E-state index contributed by atoms with van der Waals surface area (Å²) in [6.45, 7) is 0. The highest BCUT2D eigenvalue weighted by Gasteiger charge is 2.16. The molecule has 0 unspecified atom stereocenters. The molecule has 122 valence electrons. The smallest absolute Gasteiger partial charge is 0.258 e. The minimum absolute atomic E-state index is 0.0840. The monoisotopic (exact) mass is 361 g/mol. The van der Waals surface area contributed by atoms with Gasteiger partial charge in [0.2, 0.25) is 5.91 Å². The number of hydrazone groups is 1. The first-order valence-electron chi connectivity index (χ1n) is 7.26. The largest absolute Gasteiger partial charge is 0.322 e. The van der Waals surface area contributed by atoms with Crippen LogP contribution in [0.15, 0.2) is 47.6 Å². The van der Waals surface area contributed by atoms with Crippen LogP contribution in [0, 0.1) is 0 Å². The summed E-state index contributed by atoms with van der Waals surface area (Å²) in [5.74, 6) is -0.458. The van der Waals surface area contributed by atoms with Gasteiger partial charge in [0.15, 0.2) is 0 Å². The summed E-state index contributed by atoms with van der Waals surface area (Å²) < 4.78 is 0. The van der Waals surface area contributed by atoms with Crippen molar-refractivity contribution in [3.63, 3.8) is 0 Å². The Hall–Kier alpha value is -2.37.